The molecular weight excluding hydrogens is 270 g/mol. The van der Waals surface area contributed by atoms with Gasteiger partial charge in [0.1, 0.15) is 0 Å². The summed E-state index contributed by atoms with van der Waals surface area (Å²) in [5.74, 6) is -2.35. The van der Waals surface area contributed by atoms with Crippen LogP contribution in [0.2, 0.25) is 0 Å². The number of hydrogen-bond donors (Lipinski definition) is 2. The minimum absolute atomic E-state index is 0.245. The van der Waals surface area contributed by atoms with Gasteiger partial charge in [-0.2, -0.15) is 5.10 Å². The molecule has 0 unspecified atom stereocenters. The molecule has 1 aliphatic rings. The van der Waals surface area contributed by atoms with Crippen LogP contribution < -0.4 is 5.32 Å². The number of carbonyl (C=O) groups excluding carboxylic acids is 1. The third kappa shape index (κ3) is 2.99. The monoisotopic (exact) mass is 291 g/mol. The molecule has 1 heterocycles. The first-order valence-corrected chi connectivity index (χ1v) is 6.98. The van der Waals surface area contributed by atoms with Crippen LogP contribution in [0.3, 0.4) is 0 Å². The van der Waals surface area contributed by atoms with Crippen LogP contribution in [-0.2, 0) is 16.6 Å². The molecule has 114 valence electrons. The number of aryl methyl sites for hydroxylation is 1. The van der Waals surface area contributed by atoms with E-state index in [2.05, 4.69) is 10.4 Å². The van der Waals surface area contributed by atoms with E-state index in [1.54, 1.807) is 17.9 Å². The van der Waals surface area contributed by atoms with Crippen molar-refractivity contribution in [1.82, 2.24) is 9.78 Å². The Kier molecular flexibility index (Phi) is 4.16. The molecule has 0 aromatic carbocycles. The number of rotatable bonds is 3. The topological polar surface area (TPSA) is 84.2 Å². The Balaban J connectivity index is 2.20. The van der Waals surface area contributed by atoms with E-state index in [0.717, 1.165) is 16.8 Å². The van der Waals surface area contributed by atoms with Gasteiger partial charge in [0.05, 0.1) is 29.4 Å². The number of carbonyl (C=O) groups is 2. The molecule has 21 heavy (non-hydrogen) atoms. The molecule has 0 bridgehead atoms. The molecule has 1 aromatic rings. The molecule has 0 spiro atoms. The van der Waals surface area contributed by atoms with Gasteiger partial charge < -0.3 is 10.4 Å². The average Bonchev–Trinajstić information content (AvgIpc) is 2.73. The molecule has 0 fully saturated rings. The van der Waals surface area contributed by atoms with Gasteiger partial charge in [0, 0.05) is 7.05 Å². The zero-order valence-electron chi connectivity index (χ0n) is 12.8. The first-order valence-electron chi connectivity index (χ1n) is 6.98. The first-order chi connectivity index (χ1) is 9.81. The van der Waals surface area contributed by atoms with Crippen molar-refractivity contribution in [3.63, 3.8) is 0 Å². The van der Waals surface area contributed by atoms with Crippen molar-refractivity contribution < 1.29 is 14.7 Å². The van der Waals surface area contributed by atoms with E-state index in [1.165, 1.54) is 0 Å². The zero-order valence-corrected chi connectivity index (χ0v) is 12.8. The van der Waals surface area contributed by atoms with Crippen LogP contribution in [0.1, 0.15) is 32.4 Å². The number of nitrogens with zero attached hydrogens (tertiary/aromatic N) is 2. The van der Waals surface area contributed by atoms with E-state index < -0.39 is 17.8 Å². The lowest BCUT2D eigenvalue weighted by atomic mass is 9.76. The van der Waals surface area contributed by atoms with Gasteiger partial charge in [-0.15, -0.1) is 0 Å². The summed E-state index contributed by atoms with van der Waals surface area (Å²) in [5.41, 5.74) is 3.66. The average molecular weight is 291 g/mol. The number of anilines is 1. The maximum atomic E-state index is 12.5. The van der Waals surface area contributed by atoms with Crippen molar-refractivity contribution in [2.45, 2.75) is 33.6 Å². The Labute approximate surface area is 123 Å². The van der Waals surface area contributed by atoms with Crippen LogP contribution in [-0.4, -0.2) is 26.8 Å². The molecule has 1 aliphatic carbocycles. The number of carboxylic acid groups (broad SMARTS) is 1. The lowest BCUT2D eigenvalue weighted by molar-refractivity contribution is -0.146. The van der Waals surface area contributed by atoms with Crippen molar-refractivity contribution >= 4 is 17.6 Å². The molecule has 2 atom stereocenters. The van der Waals surface area contributed by atoms with Crippen LogP contribution in [0, 0.1) is 18.8 Å². The number of amides is 1. The minimum atomic E-state index is -0.912. The van der Waals surface area contributed by atoms with Crippen molar-refractivity contribution in [1.29, 1.82) is 0 Å². The van der Waals surface area contributed by atoms with Gasteiger partial charge in [-0.25, -0.2) is 0 Å². The highest BCUT2D eigenvalue weighted by molar-refractivity contribution is 5.95. The van der Waals surface area contributed by atoms with Crippen LogP contribution in [0.5, 0.6) is 0 Å². The Morgan fingerprint density at radius 1 is 1.24 bits per heavy atom. The molecule has 1 aromatic heterocycles. The lowest BCUT2D eigenvalue weighted by Gasteiger charge is -2.29. The molecular formula is C15H21N3O3. The van der Waals surface area contributed by atoms with Crippen LogP contribution in [0.25, 0.3) is 0 Å². The lowest BCUT2D eigenvalue weighted by Crippen LogP contribution is -2.36. The summed E-state index contributed by atoms with van der Waals surface area (Å²) in [4.78, 5) is 23.9. The second-order valence-corrected chi connectivity index (χ2v) is 5.78. The quantitative estimate of drug-likeness (QED) is 0.835. The fraction of sp³-hybridized carbons (Fsp3) is 0.533. The summed E-state index contributed by atoms with van der Waals surface area (Å²) in [6, 6.07) is 0. The Bertz CT molecular complexity index is 616. The molecule has 0 saturated heterocycles. The fourth-order valence-corrected chi connectivity index (χ4v) is 2.67. The van der Waals surface area contributed by atoms with Gasteiger partial charge in [-0.1, -0.05) is 11.1 Å². The van der Waals surface area contributed by atoms with Crippen molar-refractivity contribution in [3.8, 4) is 0 Å². The van der Waals surface area contributed by atoms with Crippen molar-refractivity contribution in [2.24, 2.45) is 18.9 Å². The maximum absolute atomic E-state index is 12.5. The van der Waals surface area contributed by atoms with E-state index >= 15 is 0 Å². The van der Waals surface area contributed by atoms with Crippen LogP contribution >= 0.6 is 0 Å². The number of carboxylic acids is 1. The predicted molar refractivity (Wildman–Crippen MR) is 78.8 cm³/mol. The summed E-state index contributed by atoms with van der Waals surface area (Å²) in [5, 5.41) is 16.3. The maximum Gasteiger partial charge on any atom is 0.307 e. The number of aliphatic carboxylic acids is 1. The second-order valence-electron chi connectivity index (χ2n) is 5.78. The SMILES string of the molecule is CC1=C(C)C[C@@H](C(=O)Nc2cnn(C)c2C)[C@H](C(=O)O)C1. The van der Waals surface area contributed by atoms with E-state index in [9.17, 15) is 14.7 Å². The summed E-state index contributed by atoms with van der Waals surface area (Å²) in [6.45, 7) is 5.75. The minimum Gasteiger partial charge on any atom is -0.481 e. The van der Waals surface area contributed by atoms with Crippen molar-refractivity contribution in [2.75, 3.05) is 5.32 Å². The van der Waals surface area contributed by atoms with Gasteiger partial charge in [-0.3, -0.25) is 14.3 Å². The molecule has 6 heteroatoms. The largest absolute Gasteiger partial charge is 0.481 e. The highest BCUT2D eigenvalue weighted by Crippen LogP contribution is 2.35. The predicted octanol–water partition coefficient (Wildman–Crippen LogP) is 2.11. The Morgan fingerprint density at radius 2 is 1.81 bits per heavy atom. The summed E-state index contributed by atoms with van der Waals surface area (Å²) >= 11 is 0. The molecule has 2 N–H and O–H groups in total. The number of nitrogens with one attached hydrogen (secondary N) is 1. The Morgan fingerprint density at radius 3 is 2.29 bits per heavy atom. The molecule has 0 radical (unpaired) electrons. The fourth-order valence-electron chi connectivity index (χ4n) is 2.67. The van der Waals surface area contributed by atoms with E-state index in [-0.39, 0.29) is 5.91 Å². The van der Waals surface area contributed by atoms with E-state index in [0.29, 0.717) is 18.5 Å². The first kappa shape index (κ1) is 15.3. The normalized spacial score (nSPS) is 22.3. The molecule has 0 saturated carbocycles. The summed E-state index contributed by atoms with van der Waals surface area (Å²) in [6.07, 6.45) is 2.51. The van der Waals surface area contributed by atoms with Gasteiger partial charge in [0.15, 0.2) is 0 Å². The smallest absolute Gasteiger partial charge is 0.307 e. The zero-order chi connectivity index (χ0) is 15.7. The third-order valence-corrected chi connectivity index (χ3v) is 4.41. The van der Waals surface area contributed by atoms with Crippen molar-refractivity contribution in [3.05, 3.63) is 23.0 Å². The van der Waals surface area contributed by atoms with Crippen LogP contribution in [0.4, 0.5) is 5.69 Å². The number of aromatic nitrogens is 2. The summed E-state index contributed by atoms with van der Waals surface area (Å²) < 4.78 is 1.67. The van der Waals surface area contributed by atoms with E-state index in [1.807, 2.05) is 20.8 Å². The molecule has 2 rings (SSSR count). The summed E-state index contributed by atoms with van der Waals surface area (Å²) in [7, 11) is 1.79. The van der Waals surface area contributed by atoms with Gasteiger partial charge >= 0.3 is 5.97 Å². The molecule has 1 amide bonds. The highest BCUT2D eigenvalue weighted by Gasteiger charge is 2.37. The second kappa shape index (κ2) is 5.71. The highest BCUT2D eigenvalue weighted by atomic mass is 16.4. The standard InChI is InChI=1S/C15H21N3O3/c1-8-5-11(12(15(20)21)6-9(8)2)14(19)17-13-7-16-18(4)10(13)3/h7,11-12H,5-6H2,1-4H3,(H,17,19)(H,20,21)/t11-,12-/m1/s1. The van der Waals surface area contributed by atoms with Gasteiger partial charge in [0.2, 0.25) is 5.91 Å². The third-order valence-electron chi connectivity index (χ3n) is 4.41. The van der Waals surface area contributed by atoms with Gasteiger partial charge in [0.25, 0.3) is 0 Å². The molecule has 6 nitrogen and oxygen atoms in total. The number of hydrogen-bond acceptors (Lipinski definition) is 3. The van der Waals surface area contributed by atoms with Gasteiger partial charge in [-0.05, 0) is 33.6 Å². The molecule has 0 aliphatic heterocycles. The number of allylic oxidation sites excluding steroid dienone is 2. The Hall–Kier alpha value is -2.11. The van der Waals surface area contributed by atoms with Crippen LogP contribution in [0.15, 0.2) is 17.3 Å². The van der Waals surface area contributed by atoms with E-state index in [4.69, 9.17) is 0 Å².